The van der Waals surface area contributed by atoms with Gasteiger partial charge in [0.15, 0.2) is 6.10 Å². The van der Waals surface area contributed by atoms with Gasteiger partial charge in [0, 0.05) is 38.0 Å². The van der Waals surface area contributed by atoms with Gasteiger partial charge in [-0.2, -0.15) is 0 Å². The molecule has 10 atom stereocenters. The smallest absolute Gasteiger partial charge is 0.410 e. The molecule has 10 heteroatoms. The van der Waals surface area contributed by atoms with E-state index in [1.807, 2.05) is 53.0 Å². The zero-order valence-corrected chi connectivity index (χ0v) is 27.7. The number of nitrogens with zero attached hydrogens (tertiary/aromatic N) is 2. The van der Waals surface area contributed by atoms with E-state index >= 15 is 0 Å². The molecule has 0 aliphatic carbocycles. The summed E-state index contributed by atoms with van der Waals surface area (Å²) in [5, 5.41) is 32.0. The topological polar surface area (TPSA) is 132 Å². The molecule has 2 saturated heterocycles. The molecule has 0 aromatic heterocycles. The maximum absolute atomic E-state index is 13.0. The van der Waals surface area contributed by atoms with Crippen LogP contribution in [-0.2, 0) is 19.0 Å². The molecular weight excluding hydrogens is 564 g/mol. The van der Waals surface area contributed by atoms with Crippen LogP contribution in [0.5, 0.6) is 0 Å². The van der Waals surface area contributed by atoms with Crippen LogP contribution in [0.2, 0.25) is 0 Å². The van der Waals surface area contributed by atoms with E-state index < -0.39 is 36.0 Å². The highest BCUT2D eigenvalue weighted by Gasteiger charge is 2.45. The Labute approximate surface area is 263 Å². The van der Waals surface area contributed by atoms with Crippen molar-refractivity contribution in [1.29, 1.82) is 0 Å². The summed E-state index contributed by atoms with van der Waals surface area (Å²) in [6.45, 7) is 14.1. The fourth-order valence-corrected chi connectivity index (χ4v) is 5.96. The monoisotopic (exact) mass is 620 g/mol. The van der Waals surface area contributed by atoms with Gasteiger partial charge >= 0.3 is 12.1 Å². The Morgan fingerprint density at radius 2 is 1.91 bits per heavy atom. The summed E-state index contributed by atoms with van der Waals surface area (Å²) >= 11 is 0. The van der Waals surface area contributed by atoms with Gasteiger partial charge in [-0.1, -0.05) is 52.0 Å². The van der Waals surface area contributed by atoms with E-state index in [1.165, 1.54) is 0 Å². The largest absolute Gasteiger partial charge is 0.457 e. The number of ether oxygens (including phenoxy) is 3. The number of rotatable bonds is 9. The van der Waals surface area contributed by atoms with Gasteiger partial charge in [0.1, 0.15) is 11.7 Å². The first kappa shape index (κ1) is 36.2. The van der Waals surface area contributed by atoms with E-state index in [4.69, 9.17) is 14.2 Å². The number of epoxide rings is 1. The first-order chi connectivity index (χ1) is 20.7. The van der Waals surface area contributed by atoms with Crippen LogP contribution in [0.1, 0.15) is 73.6 Å². The van der Waals surface area contributed by atoms with Crippen LogP contribution in [-0.4, -0.2) is 113 Å². The lowest BCUT2D eigenvalue weighted by Crippen LogP contribution is -2.50. The fourth-order valence-electron chi connectivity index (χ4n) is 5.96. The second kappa shape index (κ2) is 16.4. The second-order valence-electron chi connectivity index (χ2n) is 13.5. The number of aliphatic hydroxyl groups is 3. The zero-order valence-electron chi connectivity index (χ0n) is 27.7. The molecule has 0 bridgehead atoms. The van der Waals surface area contributed by atoms with Crippen molar-refractivity contribution in [3.05, 3.63) is 36.0 Å². The van der Waals surface area contributed by atoms with E-state index in [9.17, 15) is 24.9 Å². The molecule has 3 N–H and O–H groups in total. The Bertz CT molecular complexity index is 1030. The van der Waals surface area contributed by atoms with Crippen molar-refractivity contribution >= 4 is 12.1 Å². The van der Waals surface area contributed by atoms with Crippen molar-refractivity contribution < 1.29 is 39.1 Å². The zero-order chi connectivity index (χ0) is 32.6. The number of amides is 1. The van der Waals surface area contributed by atoms with E-state index in [0.717, 1.165) is 25.1 Å². The Balaban J connectivity index is 1.71. The molecule has 44 heavy (non-hydrogen) atoms. The van der Waals surface area contributed by atoms with Crippen molar-refractivity contribution in [2.45, 2.75) is 116 Å². The molecule has 10 nitrogen and oxygen atoms in total. The van der Waals surface area contributed by atoms with E-state index in [0.29, 0.717) is 19.5 Å². The molecule has 0 radical (unpaired) electrons. The summed E-state index contributed by atoms with van der Waals surface area (Å²) in [7, 11) is 2.01. The number of hydrogen-bond acceptors (Lipinski definition) is 9. The highest BCUT2D eigenvalue weighted by atomic mass is 16.6. The SMILES string of the molecule is CCC(O)C(C)C1OC1CC(C)/C=C/C=C(\C)C1OC(=O)CC(O)CCC(C)(O)C(OC(=O)N2CCN(C)CC2)/C=C\C1C. The van der Waals surface area contributed by atoms with Gasteiger partial charge in [-0.15, -0.1) is 0 Å². The first-order valence-corrected chi connectivity index (χ1v) is 16.3. The van der Waals surface area contributed by atoms with Crippen LogP contribution in [0.25, 0.3) is 0 Å². The van der Waals surface area contributed by atoms with Crippen molar-refractivity contribution in [1.82, 2.24) is 9.80 Å². The molecular formula is C34H56N2O8. The summed E-state index contributed by atoms with van der Waals surface area (Å²) in [4.78, 5) is 29.6. The Morgan fingerprint density at radius 3 is 2.57 bits per heavy atom. The molecule has 250 valence electrons. The summed E-state index contributed by atoms with van der Waals surface area (Å²) in [5.74, 6) is -0.438. The highest BCUT2D eigenvalue weighted by Crippen LogP contribution is 2.36. The maximum atomic E-state index is 13.0. The molecule has 3 heterocycles. The molecule has 10 unspecified atom stereocenters. The number of hydrogen-bond donors (Lipinski definition) is 3. The number of likely N-dealkylation sites (N-methyl/N-ethyl adjacent to an activating group) is 1. The van der Waals surface area contributed by atoms with Crippen LogP contribution in [0.15, 0.2) is 36.0 Å². The average molecular weight is 621 g/mol. The molecule has 3 aliphatic heterocycles. The number of allylic oxidation sites excluding steroid dienone is 3. The normalized spacial score (nSPS) is 35.6. The Morgan fingerprint density at radius 1 is 1.23 bits per heavy atom. The molecule has 0 aromatic carbocycles. The average Bonchev–Trinajstić information content (AvgIpc) is 3.74. The Kier molecular flexibility index (Phi) is 13.5. The van der Waals surface area contributed by atoms with Crippen LogP contribution in [0, 0.1) is 17.8 Å². The number of carbonyl (C=O) groups excluding carboxylic acids is 2. The van der Waals surface area contributed by atoms with Crippen molar-refractivity contribution in [3.8, 4) is 0 Å². The molecule has 0 aromatic rings. The van der Waals surface area contributed by atoms with Gasteiger partial charge in [0.05, 0.1) is 30.8 Å². The van der Waals surface area contributed by atoms with E-state index in [1.54, 1.807) is 17.9 Å². The lowest BCUT2D eigenvalue weighted by molar-refractivity contribution is -0.151. The van der Waals surface area contributed by atoms with Gasteiger partial charge in [-0.25, -0.2) is 4.79 Å². The van der Waals surface area contributed by atoms with Crippen molar-refractivity contribution in [2.75, 3.05) is 33.2 Å². The molecule has 0 saturated carbocycles. The fraction of sp³-hybridized carbons (Fsp3) is 0.765. The number of piperazine rings is 1. The van der Waals surface area contributed by atoms with Crippen LogP contribution >= 0.6 is 0 Å². The second-order valence-corrected chi connectivity index (χ2v) is 13.5. The molecule has 3 rings (SSSR count). The molecule has 2 fully saturated rings. The van der Waals surface area contributed by atoms with Crippen LogP contribution in [0.4, 0.5) is 4.79 Å². The lowest BCUT2D eigenvalue weighted by atomic mass is 9.88. The van der Waals surface area contributed by atoms with E-state index in [-0.39, 0.29) is 55.3 Å². The number of esters is 1. The van der Waals surface area contributed by atoms with Gasteiger partial charge in [0.25, 0.3) is 0 Å². The van der Waals surface area contributed by atoms with Gasteiger partial charge in [0.2, 0.25) is 0 Å². The minimum Gasteiger partial charge on any atom is -0.457 e. The molecule has 3 aliphatic rings. The van der Waals surface area contributed by atoms with Gasteiger partial charge in [-0.05, 0) is 64.1 Å². The third kappa shape index (κ3) is 10.7. The van der Waals surface area contributed by atoms with Crippen molar-refractivity contribution in [2.24, 2.45) is 17.8 Å². The van der Waals surface area contributed by atoms with E-state index in [2.05, 4.69) is 17.9 Å². The number of aliphatic hydroxyl groups excluding tert-OH is 2. The molecule has 1 amide bonds. The third-order valence-electron chi connectivity index (χ3n) is 9.33. The number of cyclic esters (lactones) is 1. The van der Waals surface area contributed by atoms with Crippen molar-refractivity contribution in [3.63, 3.8) is 0 Å². The Hall–Kier alpha value is -2.24. The quantitative estimate of drug-likeness (QED) is 0.152. The predicted molar refractivity (Wildman–Crippen MR) is 169 cm³/mol. The minimum atomic E-state index is -1.45. The summed E-state index contributed by atoms with van der Waals surface area (Å²) in [6, 6.07) is 0. The predicted octanol–water partition coefficient (Wildman–Crippen LogP) is 3.84. The van der Waals surface area contributed by atoms with Crippen LogP contribution < -0.4 is 0 Å². The standard InChI is InChI=1S/C34H56N2O8/c1-8-27(38)25(5)32-28(42-32)20-22(2)10-9-11-23(3)31-24(4)12-13-29(43-33(40)36-18-16-35(7)17-19-36)34(6,41)15-14-26(37)21-30(39)44-31/h9-13,22,24-29,31-32,37-38,41H,8,14-21H2,1-7H3/b10-9+,13-12-,23-11+. The first-order valence-electron chi connectivity index (χ1n) is 16.3. The maximum Gasteiger partial charge on any atom is 0.410 e. The third-order valence-corrected chi connectivity index (χ3v) is 9.33. The van der Waals surface area contributed by atoms with Gasteiger partial charge in [-0.3, -0.25) is 4.79 Å². The van der Waals surface area contributed by atoms with Crippen LogP contribution in [0.3, 0.4) is 0 Å². The molecule has 0 spiro atoms. The van der Waals surface area contributed by atoms with Gasteiger partial charge < -0.3 is 39.3 Å². The summed E-state index contributed by atoms with van der Waals surface area (Å²) < 4.78 is 17.5. The summed E-state index contributed by atoms with van der Waals surface area (Å²) in [6.07, 6.45) is 8.02. The lowest BCUT2D eigenvalue weighted by Gasteiger charge is -2.36. The minimum absolute atomic E-state index is 0.0992. The number of carbonyl (C=O) groups is 2. The summed E-state index contributed by atoms with van der Waals surface area (Å²) in [5.41, 5.74) is -0.623. The highest BCUT2D eigenvalue weighted by molar-refractivity contribution is 5.70.